The summed E-state index contributed by atoms with van der Waals surface area (Å²) in [5.74, 6) is 1.17. The molecule has 0 saturated carbocycles. The molecule has 5 heteroatoms. The molecule has 0 fully saturated rings. The van der Waals surface area contributed by atoms with Gasteiger partial charge in [0.15, 0.2) is 5.78 Å². The van der Waals surface area contributed by atoms with E-state index in [9.17, 15) is 4.79 Å². The van der Waals surface area contributed by atoms with Crippen LogP contribution < -0.4 is 5.32 Å². The molecule has 1 N–H and O–H groups in total. The second-order valence-corrected chi connectivity index (χ2v) is 6.87. The van der Waals surface area contributed by atoms with Gasteiger partial charge in [0.1, 0.15) is 0 Å². The maximum Gasteiger partial charge on any atom is 0.204 e. The van der Waals surface area contributed by atoms with E-state index in [1.807, 2.05) is 71.3 Å². The van der Waals surface area contributed by atoms with Gasteiger partial charge in [0.25, 0.3) is 0 Å². The number of anilines is 1. The maximum absolute atomic E-state index is 12.9. The molecule has 140 valence electrons. The minimum Gasteiger partial charge on any atom is -0.354 e. The molecule has 0 bridgehead atoms. The van der Waals surface area contributed by atoms with Crippen molar-refractivity contribution < 1.29 is 4.79 Å². The first-order valence-electron chi connectivity index (χ1n) is 9.20. The van der Waals surface area contributed by atoms with Crippen molar-refractivity contribution in [3.63, 3.8) is 0 Å². The van der Waals surface area contributed by atoms with Gasteiger partial charge in [-0.25, -0.2) is 4.98 Å². The first-order chi connectivity index (χ1) is 13.8. The first kappa shape index (κ1) is 18.3. The Hall–Kier alpha value is -3.11. The number of benzene rings is 3. The van der Waals surface area contributed by atoms with E-state index in [4.69, 9.17) is 11.6 Å². The molecule has 0 atom stereocenters. The van der Waals surface area contributed by atoms with Crippen molar-refractivity contribution in [1.29, 1.82) is 0 Å². The summed E-state index contributed by atoms with van der Waals surface area (Å²) in [7, 11) is 0. The highest BCUT2D eigenvalue weighted by Gasteiger charge is 2.14. The number of alkyl halides is 1. The van der Waals surface area contributed by atoms with Gasteiger partial charge in [-0.15, -0.1) is 11.6 Å². The summed E-state index contributed by atoms with van der Waals surface area (Å²) in [6.07, 6.45) is 0. The lowest BCUT2D eigenvalue weighted by molar-refractivity contribution is 0.0974. The molecule has 4 rings (SSSR count). The summed E-state index contributed by atoms with van der Waals surface area (Å²) in [4.78, 5) is 17.5. The fourth-order valence-corrected chi connectivity index (χ4v) is 3.34. The minimum atomic E-state index is 0.0386. The third-order valence-corrected chi connectivity index (χ3v) is 4.84. The third-order valence-electron chi connectivity index (χ3n) is 4.65. The fourth-order valence-electron chi connectivity index (χ4n) is 3.24. The predicted octanol–water partition coefficient (Wildman–Crippen LogP) is 5.24. The first-order valence-corrected chi connectivity index (χ1v) is 9.73. The van der Waals surface area contributed by atoms with Crippen LogP contribution in [0, 0.1) is 0 Å². The highest BCUT2D eigenvalue weighted by atomic mass is 35.5. The Balaban J connectivity index is 1.60. The van der Waals surface area contributed by atoms with Crippen LogP contribution in [0.1, 0.15) is 10.4 Å². The van der Waals surface area contributed by atoms with Gasteiger partial charge < -0.3 is 9.88 Å². The van der Waals surface area contributed by atoms with E-state index in [1.165, 1.54) is 0 Å². The van der Waals surface area contributed by atoms with Gasteiger partial charge in [0, 0.05) is 18.0 Å². The fraction of sp³-hybridized carbons (Fsp3) is 0.130. The number of para-hydroxylation sites is 2. The van der Waals surface area contributed by atoms with Gasteiger partial charge in [-0.3, -0.25) is 4.79 Å². The Morgan fingerprint density at radius 3 is 2.32 bits per heavy atom. The Morgan fingerprint density at radius 2 is 1.57 bits per heavy atom. The Bertz CT molecular complexity index is 1090. The standard InChI is InChI=1S/C23H20ClN3O/c24-14-15-25-23-26-20-8-4-5-9-21(20)27(23)16-22(28)19-12-10-18(11-13-19)17-6-2-1-3-7-17/h1-13H,14-16H2,(H,25,26). The normalized spacial score (nSPS) is 10.9. The van der Waals surface area contributed by atoms with Crippen LogP contribution in [0.3, 0.4) is 0 Å². The summed E-state index contributed by atoms with van der Waals surface area (Å²) < 4.78 is 1.91. The molecule has 3 aromatic carbocycles. The summed E-state index contributed by atoms with van der Waals surface area (Å²) in [5, 5.41) is 3.21. The van der Waals surface area contributed by atoms with E-state index in [1.54, 1.807) is 0 Å². The van der Waals surface area contributed by atoms with Gasteiger partial charge >= 0.3 is 0 Å². The third kappa shape index (κ3) is 3.78. The number of nitrogens with zero attached hydrogens (tertiary/aromatic N) is 2. The number of fused-ring (bicyclic) bond motifs is 1. The SMILES string of the molecule is O=C(Cn1c(NCCCl)nc2ccccc21)c1ccc(-c2ccccc2)cc1. The van der Waals surface area contributed by atoms with Crippen LogP contribution >= 0.6 is 11.6 Å². The molecule has 0 aliphatic carbocycles. The quantitative estimate of drug-likeness (QED) is 0.347. The largest absolute Gasteiger partial charge is 0.354 e. The van der Waals surface area contributed by atoms with Crippen LogP contribution in [-0.2, 0) is 6.54 Å². The topological polar surface area (TPSA) is 46.9 Å². The van der Waals surface area contributed by atoms with Crippen molar-refractivity contribution in [3.8, 4) is 11.1 Å². The number of carbonyl (C=O) groups is 1. The van der Waals surface area contributed by atoms with E-state index in [0.29, 0.717) is 23.9 Å². The summed E-state index contributed by atoms with van der Waals surface area (Å²) in [6.45, 7) is 0.806. The highest BCUT2D eigenvalue weighted by molar-refractivity contribution is 6.18. The smallest absolute Gasteiger partial charge is 0.204 e. The molecule has 0 spiro atoms. The molecule has 4 aromatic rings. The highest BCUT2D eigenvalue weighted by Crippen LogP contribution is 2.22. The van der Waals surface area contributed by atoms with E-state index < -0.39 is 0 Å². The van der Waals surface area contributed by atoms with Crippen molar-refractivity contribution >= 4 is 34.4 Å². The summed E-state index contributed by atoms with van der Waals surface area (Å²) in [6, 6.07) is 25.7. The van der Waals surface area contributed by atoms with Crippen LogP contribution in [0.2, 0.25) is 0 Å². The van der Waals surface area contributed by atoms with Crippen LogP contribution in [0.25, 0.3) is 22.2 Å². The molecule has 0 aliphatic rings. The molecular formula is C23H20ClN3O. The van der Waals surface area contributed by atoms with E-state index >= 15 is 0 Å². The number of rotatable bonds is 7. The van der Waals surface area contributed by atoms with Gasteiger partial charge in [-0.2, -0.15) is 0 Å². The average molecular weight is 390 g/mol. The molecule has 1 heterocycles. The number of aromatic nitrogens is 2. The second kappa shape index (κ2) is 8.28. The molecule has 0 radical (unpaired) electrons. The number of Topliss-reactive ketones (excluding diaryl/α,β-unsaturated/α-hetero) is 1. The molecule has 1 aromatic heterocycles. The van der Waals surface area contributed by atoms with Crippen molar-refractivity contribution in [2.75, 3.05) is 17.7 Å². The van der Waals surface area contributed by atoms with Gasteiger partial charge in [0.05, 0.1) is 17.6 Å². The number of hydrogen-bond donors (Lipinski definition) is 1. The zero-order valence-corrected chi connectivity index (χ0v) is 16.1. The monoisotopic (exact) mass is 389 g/mol. The maximum atomic E-state index is 12.9. The van der Waals surface area contributed by atoms with Crippen molar-refractivity contribution in [1.82, 2.24) is 9.55 Å². The number of imidazole rings is 1. The van der Waals surface area contributed by atoms with Crippen molar-refractivity contribution in [2.45, 2.75) is 6.54 Å². The Morgan fingerprint density at radius 1 is 0.893 bits per heavy atom. The molecular weight excluding hydrogens is 370 g/mol. The lowest BCUT2D eigenvalue weighted by atomic mass is 10.0. The molecule has 0 aliphatic heterocycles. The number of carbonyl (C=O) groups excluding carboxylic acids is 1. The number of halogens is 1. The Labute approximate surface area is 168 Å². The lowest BCUT2D eigenvalue weighted by Crippen LogP contribution is -2.15. The Kier molecular flexibility index (Phi) is 5.40. The molecule has 28 heavy (non-hydrogen) atoms. The second-order valence-electron chi connectivity index (χ2n) is 6.49. The zero-order chi connectivity index (χ0) is 19.3. The van der Waals surface area contributed by atoms with Crippen LogP contribution in [0.15, 0.2) is 78.9 Å². The minimum absolute atomic E-state index is 0.0386. The van der Waals surface area contributed by atoms with E-state index in [-0.39, 0.29) is 12.3 Å². The molecule has 0 unspecified atom stereocenters. The van der Waals surface area contributed by atoms with Crippen LogP contribution in [0.4, 0.5) is 5.95 Å². The molecule has 4 nitrogen and oxygen atoms in total. The predicted molar refractivity (Wildman–Crippen MR) is 115 cm³/mol. The van der Waals surface area contributed by atoms with E-state index in [0.717, 1.165) is 22.2 Å². The lowest BCUT2D eigenvalue weighted by Gasteiger charge is -2.10. The van der Waals surface area contributed by atoms with Crippen LogP contribution in [-0.4, -0.2) is 27.8 Å². The molecule has 0 amide bonds. The van der Waals surface area contributed by atoms with Crippen molar-refractivity contribution in [3.05, 3.63) is 84.4 Å². The summed E-state index contributed by atoms with van der Waals surface area (Å²) in [5.41, 5.74) is 4.69. The average Bonchev–Trinajstić information content (AvgIpc) is 3.10. The van der Waals surface area contributed by atoms with E-state index in [2.05, 4.69) is 22.4 Å². The number of nitrogens with one attached hydrogen (secondary N) is 1. The van der Waals surface area contributed by atoms with Gasteiger partial charge in [-0.05, 0) is 23.3 Å². The number of ketones is 1. The summed E-state index contributed by atoms with van der Waals surface area (Å²) >= 11 is 5.80. The zero-order valence-electron chi connectivity index (χ0n) is 15.3. The van der Waals surface area contributed by atoms with Gasteiger partial charge in [0.2, 0.25) is 5.95 Å². The number of hydrogen-bond acceptors (Lipinski definition) is 3. The van der Waals surface area contributed by atoms with Crippen molar-refractivity contribution in [2.24, 2.45) is 0 Å². The van der Waals surface area contributed by atoms with Crippen LogP contribution in [0.5, 0.6) is 0 Å². The van der Waals surface area contributed by atoms with Gasteiger partial charge in [-0.1, -0.05) is 66.7 Å². The molecule has 0 saturated heterocycles.